The van der Waals surface area contributed by atoms with Crippen LogP contribution in [0.15, 0.2) is 18.2 Å². The van der Waals surface area contributed by atoms with Crippen molar-refractivity contribution in [2.24, 2.45) is 5.92 Å². The van der Waals surface area contributed by atoms with Crippen molar-refractivity contribution >= 4 is 5.91 Å². The number of amides is 1. The summed E-state index contributed by atoms with van der Waals surface area (Å²) in [6.45, 7) is 2.13. The Hall–Kier alpha value is -1.70. The molecular formula is C15H23N3O4. The lowest BCUT2D eigenvalue weighted by atomic mass is 10.1. The molecule has 2 N–H and O–H groups in total. The second-order valence-electron chi connectivity index (χ2n) is 5.42. The van der Waals surface area contributed by atoms with Crippen molar-refractivity contribution < 1.29 is 19.4 Å². The Balaban J connectivity index is 1.94. The van der Waals surface area contributed by atoms with Crippen LogP contribution in [0.5, 0.6) is 5.88 Å². The minimum atomic E-state index is -0.160. The number of aromatic nitrogens is 1. The molecule has 1 aliphatic rings. The first-order valence-electron chi connectivity index (χ1n) is 7.27. The van der Waals surface area contributed by atoms with Crippen LogP contribution in [0.1, 0.15) is 5.69 Å². The van der Waals surface area contributed by atoms with Crippen molar-refractivity contribution in [2.45, 2.75) is 12.6 Å². The maximum atomic E-state index is 11.6. The first kappa shape index (κ1) is 16.7. The summed E-state index contributed by atoms with van der Waals surface area (Å²) in [5, 5.41) is 12.4. The van der Waals surface area contributed by atoms with Gasteiger partial charge in [-0.2, -0.15) is 0 Å². The van der Waals surface area contributed by atoms with E-state index in [2.05, 4.69) is 15.2 Å². The molecule has 2 atom stereocenters. The Labute approximate surface area is 130 Å². The fraction of sp³-hybridized carbons (Fsp3) is 0.600. The van der Waals surface area contributed by atoms with Crippen molar-refractivity contribution in [2.75, 3.05) is 40.5 Å². The van der Waals surface area contributed by atoms with Gasteiger partial charge in [-0.3, -0.25) is 9.69 Å². The number of rotatable bonds is 7. The van der Waals surface area contributed by atoms with Gasteiger partial charge in [0, 0.05) is 51.4 Å². The molecule has 0 aliphatic carbocycles. The highest BCUT2D eigenvalue weighted by Gasteiger charge is 2.33. The first-order chi connectivity index (χ1) is 10.7. The summed E-state index contributed by atoms with van der Waals surface area (Å²) >= 11 is 0. The average molecular weight is 309 g/mol. The number of nitrogens with one attached hydrogen (secondary N) is 1. The number of likely N-dealkylation sites (tertiary alicyclic amines) is 1. The highest BCUT2D eigenvalue weighted by molar-refractivity contribution is 5.77. The predicted octanol–water partition coefficient (Wildman–Crippen LogP) is -0.354. The van der Waals surface area contributed by atoms with Crippen molar-refractivity contribution in [1.82, 2.24) is 15.2 Å². The quantitative estimate of drug-likeness (QED) is 0.716. The van der Waals surface area contributed by atoms with Crippen LogP contribution in [-0.2, 0) is 16.1 Å². The van der Waals surface area contributed by atoms with Gasteiger partial charge in [0.25, 0.3) is 0 Å². The van der Waals surface area contributed by atoms with E-state index >= 15 is 0 Å². The van der Waals surface area contributed by atoms with E-state index in [0.717, 1.165) is 5.69 Å². The maximum absolute atomic E-state index is 11.6. The lowest BCUT2D eigenvalue weighted by Crippen LogP contribution is -2.43. The van der Waals surface area contributed by atoms with E-state index in [9.17, 15) is 9.90 Å². The molecular weight excluding hydrogens is 286 g/mol. The normalized spacial score (nSPS) is 21.8. The molecule has 0 aromatic carbocycles. The Morgan fingerprint density at radius 1 is 1.45 bits per heavy atom. The zero-order valence-corrected chi connectivity index (χ0v) is 13.0. The summed E-state index contributed by atoms with van der Waals surface area (Å²) in [5.74, 6) is 0.444. The summed E-state index contributed by atoms with van der Waals surface area (Å²) in [4.78, 5) is 18.2. The number of aliphatic hydroxyl groups is 1. The summed E-state index contributed by atoms with van der Waals surface area (Å²) in [6, 6.07) is 5.57. The van der Waals surface area contributed by atoms with Gasteiger partial charge in [-0.15, -0.1) is 0 Å². The molecule has 1 aliphatic heterocycles. The molecule has 1 aromatic rings. The van der Waals surface area contributed by atoms with Crippen molar-refractivity contribution in [3.05, 3.63) is 23.9 Å². The third kappa shape index (κ3) is 4.40. The van der Waals surface area contributed by atoms with Crippen molar-refractivity contribution in [3.8, 4) is 5.88 Å². The van der Waals surface area contributed by atoms with Crippen LogP contribution >= 0.6 is 0 Å². The van der Waals surface area contributed by atoms with Crippen LogP contribution in [0.2, 0.25) is 0 Å². The van der Waals surface area contributed by atoms with Crippen molar-refractivity contribution in [3.63, 3.8) is 0 Å². The van der Waals surface area contributed by atoms with Gasteiger partial charge in [0.05, 0.1) is 12.8 Å². The van der Waals surface area contributed by atoms with E-state index in [1.54, 1.807) is 13.2 Å². The second-order valence-corrected chi connectivity index (χ2v) is 5.42. The third-order valence-electron chi connectivity index (χ3n) is 3.75. The van der Waals surface area contributed by atoms with Crippen LogP contribution in [0.25, 0.3) is 0 Å². The predicted molar refractivity (Wildman–Crippen MR) is 80.4 cm³/mol. The molecule has 0 bridgehead atoms. The van der Waals surface area contributed by atoms with Gasteiger partial charge < -0.3 is 19.9 Å². The van der Waals surface area contributed by atoms with Crippen LogP contribution in [0.4, 0.5) is 0 Å². The van der Waals surface area contributed by atoms with Gasteiger partial charge >= 0.3 is 0 Å². The number of ether oxygens (including phenoxy) is 2. The molecule has 0 saturated carbocycles. The minimum Gasteiger partial charge on any atom is -0.481 e. The molecule has 1 saturated heterocycles. The number of hydrogen-bond donors (Lipinski definition) is 2. The van der Waals surface area contributed by atoms with E-state index in [-0.39, 0.29) is 31.1 Å². The van der Waals surface area contributed by atoms with Crippen LogP contribution < -0.4 is 10.1 Å². The molecule has 122 valence electrons. The molecule has 2 heterocycles. The standard InChI is InChI=1S/C15H23N3O4/c1-21-10-14(20)17-13-8-18(6-11(13)9-19)7-12-4-3-5-15(16-12)22-2/h3-5,11,13,19H,6-10H2,1-2H3,(H,17,20)/t11-,13+/m0/s1. The third-order valence-corrected chi connectivity index (χ3v) is 3.75. The molecule has 7 nitrogen and oxygen atoms in total. The summed E-state index contributed by atoms with van der Waals surface area (Å²) in [7, 11) is 3.07. The van der Waals surface area contributed by atoms with Crippen LogP contribution in [-0.4, -0.2) is 67.5 Å². The Morgan fingerprint density at radius 2 is 2.27 bits per heavy atom. The molecule has 1 aromatic heterocycles. The molecule has 0 radical (unpaired) electrons. The van der Waals surface area contributed by atoms with Crippen molar-refractivity contribution in [1.29, 1.82) is 0 Å². The number of hydrogen-bond acceptors (Lipinski definition) is 6. The largest absolute Gasteiger partial charge is 0.481 e. The zero-order valence-electron chi connectivity index (χ0n) is 13.0. The van der Waals surface area contributed by atoms with Gasteiger partial charge in [0.15, 0.2) is 0 Å². The fourth-order valence-corrected chi connectivity index (χ4v) is 2.71. The van der Waals surface area contributed by atoms with E-state index in [1.807, 2.05) is 12.1 Å². The lowest BCUT2D eigenvalue weighted by Gasteiger charge is -2.17. The zero-order chi connectivity index (χ0) is 15.9. The molecule has 1 amide bonds. The van der Waals surface area contributed by atoms with Gasteiger partial charge in [-0.1, -0.05) is 6.07 Å². The average Bonchev–Trinajstić information content (AvgIpc) is 2.89. The number of pyridine rings is 1. The summed E-state index contributed by atoms with van der Waals surface area (Å²) in [6.07, 6.45) is 0. The van der Waals surface area contributed by atoms with E-state index in [0.29, 0.717) is 25.5 Å². The fourth-order valence-electron chi connectivity index (χ4n) is 2.71. The monoisotopic (exact) mass is 309 g/mol. The number of nitrogens with zero attached hydrogens (tertiary/aromatic N) is 2. The van der Waals surface area contributed by atoms with Gasteiger partial charge in [0.2, 0.25) is 11.8 Å². The maximum Gasteiger partial charge on any atom is 0.246 e. The Morgan fingerprint density at radius 3 is 2.95 bits per heavy atom. The minimum absolute atomic E-state index is 0.0198. The highest BCUT2D eigenvalue weighted by atomic mass is 16.5. The summed E-state index contributed by atoms with van der Waals surface area (Å²) < 4.78 is 9.94. The number of methoxy groups -OCH3 is 2. The molecule has 0 unspecified atom stereocenters. The summed E-state index contributed by atoms with van der Waals surface area (Å²) in [5.41, 5.74) is 0.903. The Bertz CT molecular complexity index is 497. The highest BCUT2D eigenvalue weighted by Crippen LogP contribution is 2.19. The van der Waals surface area contributed by atoms with Gasteiger partial charge in [-0.05, 0) is 6.07 Å². The molecule has 7 heteroatoms. The SMILES string of the molecule is COCC(=O)N[C@@H]1CN(Cc2cccc(OC)n2)C[C@H]1CO. The smallest absolute Gasteiger partial charge is 0.246 e. The molecule has 1 fully saturated rings. The van der Waals surface area contributed by atoms with Crippen LogP contribution in [0, 0.1) is 5.92 Å². The van der Waals surface area contributed by atoms with Gasteiger partial charge in [-0.25, -0.2) is 4.98 Å². The topological polar surface area (TPSA) is 83.9 Å². The number of carbonyl (C=O) groups is 1. The van der Waals surface area contributed by atoms with E-state index < -0.39 is 0 Å². The number of carbonyl (C=O) groups excluding carboxylic acids is 1. The van der Waals surface area contributed by atoms with E-state index in [1.165, 1.54) is 7.11 Å². The van der Waals surface area contributed by atoms with Gasteiger partial charge in [0.1, 0.15) is 6.61 Å². The molecule has 0 spiro atoms. The first-order valence-corrected chi connectivity index (χ1v) is 7.27. The molecule has 2 rings (SSSR count). The Kier molecular flexibility index (Phi) is 6.11. The lowest BCUT2D eigenvalue weighted by molar-refractivity contribution is -0.125. The van der Waals surface area contributed by atoms with Crippen LogP contribution in [0.3, 0.4) is 0 Å². The van der Waals surface area contributed by atoms with E-state index in [4.69, 9.17) is 9.47 Å². The second kappa shape index (κ2) is 8.07. The number of aliphatic hydroxyl groups excluding tert-OH is 1. The molecule has 22 heavy (non-hydrogen) atoms.